The van der Waals surface area contributed by atoms with Crippen LogP contribution in [0, 0.1) is 11.6 Å². The van der Waals surface area contributed by atoms with Crippen molar-refractivity contribution in [3.05, 3.63) is 64.9 Å². The second kappa shape index (κ2) is 7.05. The SMILES string of the molecule is CC(C)(C)c1ncc2c(n1)CCN(Cc1cn[nH]c1-c1cc(F)cc(F)c1)C2. The topological polar surface area (TPSA) is 57.7 Å². The molecule has 0 amide bonds. The van der Waals surface area contributed by atoms with Gasteiger partial charge in [-0.25, -0.2) is 18.7 Å². The summed E-state index contributed by atoms with van der Waals surface area (Å²) in [6, 6.07) is 3.49. The molecule has 0 atom stereocenters. The molecule has 28 heavy (non-hydrogen) atoms. The first-order chi connectivity index (χ1) is 13.3. The lowest BCUT2D eigenvalue weighted by atomic mass is 9.95. The van der Waals surface area contributed by atoms with E-state index in [1.807, 2.05) is 6.20 Å². The fourth-order valence-electron chi connectivity index (χ4n) is 3.49. The Bertz CT molecular complexity index is 986. The van der Waals surface area contributed by atoms with E-state index in [-0.39, 0.29) is 5.41 Å². The van der Waals surface area contributed by atoms with Crippen LogP contribution in [0.1, 0.15) is 43.4 Å². The van der Waals surface area contributed by atoms with Gasteiger partial charge in [0.1, 0.15) is 17.5 Å². The van der Waals surface area contributed by atoms with Crippen molar-refractivity contribution in [2.24, 2.45) is 0 Å². The summed E-state index contributed by atoms with van der Waals surface area (Å²) in [7, 11) is 0. The fourth-order valence-corrected chi connectivity index (χ4v) is 3.49. The third-order valence-electron chi connectivity index (χ3n) is 4.95. The molecule has 0 radical (unpaired) electrons. The molecule has 0 spiro atoms. The maximum atomic E-state index is 13.6. The van der Waals surface area contributed by atoms with E-state index in [1.54, 1.807) is 6.20 Å². The van der Waals surface area contributed by atoms with Crippen molar-refractivity contribution in [3.8, 4) is 11.3 Å². The van der Waals surface area contributed by atoms with Crippen molar-refractivity contribution in [3.63, 3.8) is 0 Å². The number of benzene rings is 1. The molecule has 1 aromatic carbocycles. The Morgan fingerprint density at radius 3 is 2.57 bits per heavy atom. The maximum Gasteiger partial charge on any atom is 0.133 e. The fraction of sp³-hybridized carbons (Fsp3) is 0.381. The number of nitrogens with one attached hydrogen (secondary N) is 1. The lowest BCUT2D eigenvalue weighted by Crippen LogP contribution is -2.32. The largest absolute Gasteiger partial charge is 0.294 e. The number of rotatable bonds is 3. The molecule has 3 aromatic rings. The van der Waals surface area contributed by atoms with E-state index in [9.17, 15) is 8.78 Å². The molecule has 0 unspecified atom stereocenters. The van der Waals surface area contributed by atoms with E-state index in [0.717, 1.165) is 48.2 Å². The Labute approximate surface area is 162 Å². The molecule has 2 aromatic heterocycles. The van der Waals surface area contributed by atoms with E-state index in [1.165, 1.54) is 12.1 Å². The first kappa shape index (κ1) is 18.7. The van der Waals surface area contributed by atoms with Crippen LogP contribution >= 0.6 is 0 Å². The van der Waals surface area contributed by atoms with Gasteiger partial charge < -0.3 is 0 Å². The predicted octanol–water partition coefficient (Wildman–Crippen LogP) is 4.00. The van der Waals surface area contributed by atoms with Gasteiger partial charge in [-0.3, -0.25) is 10.00 Å². The molecule has 3 heterocycles. The number of H-pyrrole nitrogens is 1. The molecular formula is C21H23F2N5. The molecule has 1 aliphatic rings. The monoisotopic (exact) mass is 383 g/mol. The lowest BCUT2D eigenvalue weighted by Gasteiger charge is -2.29. The normalized spacial score (nSPS) is 14.9. The van der Waals surface area contributed by atoms with Gasteiger partial charge >= 0.3 is 0 Å². The van der Waals surface area contributed by atoms with Crippen LogP contribution in [0.5, 0.6) is 0 Å². The number of aromatic amines is 1. The van der Waals surface area contributed by atoms with E-state index in [4.69, 9.17) is 4.98 Å². The first-order valence-electron chi connectivity index (χ1n) is 9.36. The molecule has 0 saturated carbocycles. The minimum Gasteiger partial charge on any atom is -0.294 e. The van der Waals surface area contributed by atoms with Crippen molar-refractivity contribution in [1.82, 2.24) is 25.1 Å². The summed E-state index contributed by atoms with van der Waals surface area (Å²) in [5.41, 5.74) is 4.17. The van der Waals surface area contributed by atoms with Gasteiger partial charge in [0.2, 0.25) is 0 Å². The van der Waals surface area contributed by atoms with E-state index in [0.29, 0.717) is 17.8 Å². The molecule has 5 nitrogen and oxygen atoms in total. The molecule has 0 bridgehead atoms. The van der Waals surface area contributed by atoms with Gasteiger partial charge in [0.15, 0.2) is 0 Å². The number of nitrogens with zero attached hydrogens (tertiary/aromatic N) is 4. The number of halogens is 2. The highest BCUT2D eigenvalue weighted by atomic mass is 19.1. The third-order valence-corrected chi connectivity index (χ3v) is 4.95. The van der Waals surface area contributed by atoms with Gasteiger partial charge in [-0.05, 0) is 12.1 Å². The minimum atomic E-state index is -0.603. The highest BCUT2D eigenvalue weighted by molar-refractivity contribution is 5.62. The summed E-state index contributed by atoms with van der Waals surface area (Å²) in [5.74, 6) is -0.339. The lowest BCUT2D eigenvalue weighted by molar-refractivity contribution is 0.242. The Balaban J connectivity index is 1.54. The van der Waals surface area contributed by atoms with Gasteiger partial charge in [0, 0.05) is 66.1 Å². The molecule has 1 N–H and O–H groups in total. The minimum absolute atomic E-state index is 0.0713. The van der Waals surface area contributed by atoms with Gasteiger partial charge in [0.05, 0.1) is 11.9 Å². The van der Waals surface area contributed by atoms with E-state index >= 15 is 0 Å². The molecule has 4 rings (SSSR count). The standard InChI is InChI=1S/C21H23F2N5/c1-21(2,3)20-24-9-14-11-28(5-4-18(14)26-20)12-15-10-25-27-19(15)13-6-16(22)8-17(23)7-13/h6-10H,4-5,11-12H2,1-3H3,(H,25,27). The zero-order valence-electron chi connectivity index (χ0n) is 16.3. The van der Waals surface area contributed by atoms with Crippen LogP contribution in [0.2, 0.25) is 0 Å². The average Bonchev–Trinajstić information content (AvgIpc) is 3.08. The summed E-state index contributed by atoms with van der Waals surface area (Å²) >= 11 is 0. The Morgan fingerprint density at radius 1 is 1.11 bits per heavy atom. The Hall–Kier alpha value is -2.67. The van der Waals surface area contributed by atoms with Crippen LogP contribution in [0.25, 0.3) is 11.3 Å². The summed E-state index contributed by atoms with van der Waals surface area (Å²) < 4.78 is 27.2. The molecule has 0 saturated heterocycles. The zero-order valence-corrected chi connectivity index (χ0v) is 16.3. The Kier molecular flexibility index (Phi) is 4.71. The molecule has 7 heteroatoms. The van der Waals surface area contributed by atoms with E-state index in [2.05, 4.69) is 40.9 Å². The van der Waals surface area contributed by atoms with Crippen molar-refractivity contribution < 1.29 is 8.78 Å². The molecule has 146 valence electrons. The third kappa shape index (κ3) is 3.80. The quantitative estimate of drug-likeness (QED) is 0.743. The summed E-state index contributed by atoms with van der Waals surface area (Å²) in [6.07, 6.45) is 4.49. The summed E-state index contributed by atoms with van der Waals surface area (Å²) in [5, 5.41) is 6.96. The van der Waals surface area contributed by atoms with Crippen LogP contribution in [0.3, 0.4) is 0 Å². The van der Waals surface area contributed by atoms with Crippen molar-refractivity contribution in [2.45, 2.75) is 45.7 Å². The number of aromatic nitrogens is 4. The smallest absolute Gasteiger partial charge is 0.133 e. The van der Waals surface area contributed by atoms with Gasteiger partial charge in [-0.1, -0.05) is 20.8 Å². The maximum absolute atomic E-state index is 13.6. The number of hydrogen-bond acceptors (Lipinski definition) is 4. The van der Waals surface area contributed by atoms with Crippen LogP contribution in [-0.4, -0.2) is 31.6 Å². The van der Waals surface area contributed by atoms with Crippen LogP contribution in [0.4, 0.5) is 8.78 Å². The van der Waals surface area contributed by atoms with E-state index < -0.39 is 11.6 Å². The predicted molar refractivity (Wildman–Crippen MR) is 102 cm³/mol. The van der Waals surface area contributed by atoms with Crippen molar-refractivity contribution >= 4 is 0 Å². The molecular weight excluding hydrogens is 360 g/mol. The van der Waals surface area contributed by atoms with Gasteiger partial charge in [0.25, 0.3) is 0 Å². The van der Waals surface area contributed by atoms with Crippen LogP contribution < -0.4 is 0 Å². The number of hydrogen-bond donors (Lipinski definition) is 1. The molecule has 0 fully saturated rings. The zero-order chi connectivity index (χ0) is 19.9. The van der Waals surface area contributed by atoms with Gasteiger partial charge in [-0.2, -0.15) is 5.10 Å². The summed E-state index contributed by atoms with van der Waals surface area (Å²) in [6.45, 7) is 8.56. The van der Waals surface area contributed by atoms with Gasteiger partial charge in [-0.15, -0.1) is 0 Å². The van der Waals surface area contributed by atoms with Crippen molar-refractivity contribution in [2.75, 3.05) is 6.54 Å². The first-order valence-corrected chi connectivity index (χ1v) is 9.36. The van der Waals surface area contributed by atoms with Crippen molar-refractivity contribution in [1.29, 1.82) is 0 Å². The molecule has 1 aliphatic heterocycles. The van der Waals surface area contributed by atoms with Crippen LogP contribution in [-0.2, 0) is 24.9 Å². The molecule has 0 aliphatic carbocycles. The second-order valence-corrected chi connectivity index (χ2v) is 8.30. The van der Waals surface area contributed by atoms with Crippen LogP contribution in [0.15, 0.2) is 30.6 Å². The second-order valence-electron chi connectivity index (χ2n) is 8.30. The average molecular weight is 383 g/mol. The number of fused-ring (bicyclic) bond motifs is 1. The summed E-state index contributed by atoms with van der Waals surface area (Å²) in [4.78, 5) is 11.6. The highest BCUT2D eigenvalue weighted by Crippen LogP contribution is 2.27. The highest BCUT2D eigenvalue weighted by Gasteiger charge is 2.23. The Morgan fingerprint density at radius 2 is 1.86 bits per heavy atom.